The van der Waals surface area contributed by atoms with E-state index < -0.39 is 0 Å². The molecule has 0 N–H and O–H groups in total. The van der Waals surface area contributed by atoms with Crippen LogP contribution in [0.1, 0.15) is 17.2 Å². The minimum Gasteiger partial charge on any atom is -0.144 e. The number of rotatable bonds is 2. The molecule has 3 unspecified atom stereocenters. The minimum atomic E-state index is 0.592. The van der Waals surface area contributed by atoms with Crippen LogP contribution in [0, 0.1) is 0 Å². The zero-order valence-corrected chi connectivity index (χ0v) is 13.7. The highest BCUT2D eigenvalue weighted by Gasteiger charge is 2.17. The van der Waals surface area contributed by atoms with E-state index in [1.807, 2.05) is 11.8 Å². The van der Waals surface area contributed by atoms with Crippen LogP contribution in [0.25, 0.3) is 10.4 Å². The van der Waals surface area contributed by atoms with Gasteiger partial charge in [-0.25, -0.2) is 0 Å². The molecule has 0 saturated heterocycles. The van der Waals surface area contributed by atoms with Gasteiger partial charge in [-0.2, -0.15) is 0 Å². The first kappa shape index (κ1) is 12.9. The Balaban J connectivity index is 2.03. The monoisotopic (exact) mass is 308 g/mol. The number of hydrogen-bond donors (Lipinski definition) is 0. The van der Waals surface area contributed by atoms with E-state index in [1.54, 1.807) is 11.3 Å². The lowest BCUT2D eigenvalue weighted by Gasteiger charge is -2.15. The lowest BCUT2D eigenvalue weighted by atomic mass is 10.1. The van der Waals surface area contributed by atoms with Crippen LogP contribution in [0.2, 0.25) is 0 Å². The summed E-state index contributed by atoms with van der Waals surface area (Å²) in [6, 6.07) is 8.92. The van der Waals surface area contributed by atoms with Gasteiger partial charge < -0.3 is 0 Å². The summed E-state index contributed by atoms with van der Waals surface area (Å²) in [4.78, 5) is 1.34. The van der Waals surface area contributed by atoms with Gasteiger partial charge in [-0.05, 0) is 57.1 Å². The van der Waals surface area contributed by atoms with Crippen molar-refractivity contribution in [3.05, 3.63) is 46.7 Å². The molecule has 18 heavy (non-hydrogen) atoms. The molecule has 1 aromatic carbocycles. The van der Waals surface area contributed by atoms with Crippen molar-refractivity contribution in [2.75, 3.05) is 0 Å². The Morgan fingerprint density at radius 2 is 2.06 bits per heavy atom. The molecule has 2 aromatic rings. The zero-order valence-electron chi connectivity index (χ0n) is 9.80. The van der Waals surface area contributed by atoms with E-state index in [0.717, 1.165) is 6.42 Å². The fourth-order valence-electron chi connectivity index (χ4n) is 2.16. The average molecular weight is 308 g/mol. The molecule has 0 aliphatic carbocycles. The largest absolute Gasteiger partial charge is 0.144 e. The van der Waals surface area contributed by atoms with Crippen molar-refractivity contribution in [1.29, 1.82) is 0 Å². The van der Waals surface area contributed by atoms with Crippen molar-refractivity contribution >= 4 is 52.2 Å². The lowest BCUT2D eigenvalue weighted by molar-refractivity contribution is 1.00. The third-order valence-corrected chi connectivity index (χ3v) is 6.08. The van der Waals surface area contributed by atoms with E-state index >= 15 is 0 Å². The van der Waals surface area contributed by atoms with Gasteiger partial charge in [0, 0.05) is 10.1 Å². The van der Waals surface area contributed by atoms with Crippen LogP contribution >= 0.6 is 41.6 Å². The van der Waals surface area contributed by atoms with Crippen LogP contribution in [-0.4, -0.2) is 0 Å². The van der Waals surface area contributed by atoms with Crippen LogP contribution in [0.3, 0.4) is 0 Å². The molecule has 0 amide bonds. The van der Waals surface area contributed by atoms with Gasteiger partial charge in [0.15, 0.2) is 0 Å². The zero-order chi connectivity index (χ0) is 12.5. The van der Waals surface area contributed by atoms with Gasteiger partial charge >= 0.3 is 0 Å². The van der Waals surface area contributed by atoms with E-state index in [2.05, 4.69) is 59.6 Å². The summed E-state index contributed by atoms with van der Waals surface area (Å²) in [6.07, 6.45) is 3.41. The molecule has 1 aliphatic rings. The van der Waals surface area contributed by atoms with Crippen molar-refractivity contribution in [2.24, 2.45) is 0 Å². The molecule has 0 nitrogen and oxygen atoms in total. The Morgan fingerprint density at radius 1 is 1.17 bits per heavy atom. The highest BCUT2D eigenvalue weighted by Crippen LogP contribution is 2.38. The molecule has 0 spiro atoms. The second-order valence-electron chi connectivity index (χ2n) is 4.28. The first-order chi connectivity index (χ1) is 8.75. The van der Waals surface area contributed by atoms with Gasteiger partial charge in [-0.3, -0.25) is 0 Å². The maximum atomic E-state index is 2.90. The van der Waals surface area contributed by atoms with Crippen molar-refractivity contribution < 1.29 is 0 Å². The van der Waals surface area contributed by atoms with Gasteiger partial charge in [0.05, 0.1) is 0 Å². The van der Waals surface area contributed by atoms with E-state index in [9.17, 15) is 0 Å². The van der Waals surface area contributed by atoms with Crippen LogP contribution in [0.5, 0.6) is 0 Å². The molecule has 0 saturated carbocycles. The third-order valence-electron chi connectivity index (χ3n) is 3.08. The summed E-state index contributed by atoms with van der Waals surface area (Å²) >= 11 is 3.72. The second-order valence-corrected chi connectivity index (χ2v) is 7.58. The van der Waals surface area contributed by atoms with E-state index in [0.29, 0.717) is 5.25 Å². The maximum Gasteiger partial charge on any atom is 0.0379 e. The van der Waals surface area contributed by atoms with E-state index in [1.165, 1.54) is 26.6 Å². The molecule has 92 valence electrons. The topological polar surface area (TPSA) is 0 Å². The van der Waals surface area contributed by atoms with Gasteiger partial charge in [0.2, 0.25) is 0 Å². The minimum absolute atomic E-state index is 0.592. The number of allylic oxidation sites excluding steroid dienone is 1. The summed E-state index contributed by atoms with van der Waals surface area (Å²) in [7, 11) is 5.78. The fourth-order valence-corrected chi connectivity index (χ4v) is 5.00. The molecule has 3 rings (SSSR count). The first-order valence-electron chi connectivity index (χ1n) is 5.79. The molecule has 0 radical (unpaired) electrons. The van der Waals surface area contributed by atoms with Crippen molar-refractivity contribution in [1.82, 2.24) is 0 Å². The predicted octanol–water partition coefficient (Wildman–Crippen LogP) is 4.11. The molecule has 1 aliphatic heterocycles. The smallest absolute Gasteiger partial charge is 0.0379 e. The second kappa shape index (κ2) is 5.47. The number of benzene rings is 1. The van der Waals surface area contributed by atoms with E-state index in [4.69, 9.17) is 0 Å². The predicted molar refractivity (Wildman–Crippen MR) is 92.5 cm³/mol. The van der Waals surface area contributed by atoms with Gasteiger partial charge in [0.1, 0.15) is 0 Å². The van der Waals surface area contributed by atoms with Crippen molar-refractivity contribution in [2.45, 2.75) is 11.7 Å². The Kier molecular flexibility index (Phi) is 3.91. The molecule has 0 fully saturated rings. The first-order valence-corrected chi connectivity index (χ1v) is 8.76. The average Bonchev–Trinajstić information content (AvgIpc) is 3.02. The molecule has 4 heteroatoms. The SMILES string of the molecule is Pc1cc(C2CC=CS2)c(P)cc1-c1cccs1. The van der Waals surface area contributed by atoms with Crippen LogP contribution in [0.4, 0.5) is 0 Å². The molecule has 2 heterocycles. The Labute approximate surface area is 121 Å². The summed E-state index contributed by atoms with van der Waals surface area (Å²) in [6.45, 7) is 0. The van der Waals surface area contributed by atoms with Crippen LogP contribution in [0.15, 0.2) is 41.1 Å². The van der Waals surface area contributed by atoms with Crippen LogP contribution in [-0.2, 0) is 0 Å². The van der Waals surface area contributed by atoms with Gasteiger partial charge in [-0.1, -0.05) is 12.1 Å². The summed E-state index contributed by atoms with van der Waals surface area (Å²) in [5.41, 5.74) is 2.78. The van der Waals surface area contributed by atoms with Crippen molar-refractivity contribution in [3.63, 3.8) is 0 Å². The molecule has 1 aromatic heterocycles. The molecular formula is C14H14P2S2. The summed E-state index contributed by atoms with van der Waals surface area (Å²) < 4.78 is 0. The number of thiophene rings is 1. The molecular weight excluding hydrogens is 294 g/mol. The third kappa shape index (κ3) is 2.45. The highest BCUT2D eigenvalue weighted by molar-refractivity contribution is 8.02. The van der Waals surface area contributed by atoms with Crippen molar-refractivity contribution in [3.8, 4) is 10.4 Å². The summed E-state index contributed by atoms with van der Waals surface area (Å²) in [5, 5.41) is 7.56. The molecule has 0 bridgehead atoms. The molecule has 3 atom stereocenters. The quantitative estimate of drug-likeness (QED) is 0.753. The lowest BCUT2D eigenvalue weighted by Crippen LogP contribution is -2.11. The maximum absolute atomic E-state index is 2.90. The highest BCUT2D eigenvalue weighted by atomic mass is 32.2. The van der Waals surface area contributed by atoms with E-state index in [-0.39, 0.29) is 0 Å². The number of hydrogen-bond acceptors (Lipinski definition) is 2. The normalized spacial score (nSPS) is 18.4. The standard InChI is InChI=1S/C14H14P2S2/c15-11-8-10(14-4-2-6-18-14)12(16)7-9(11)13-3-1-5-17-13/h1-3,5-8,14H,4,15-16H2. The van der Waals surface area contributed by atoms with Gasteiger partial charge in [0.25, 0.3) is 0 Å². The fraction of sp³-hybridized carbons (Fsp3) is 0.143. The number of thioether (sulfide) groups is 1. The van der Waals surface area contributed by atoms with Crippen LogP contribution < -0.4 is 10.6 Å². The Hall–Kier alpha value is -0.130. The Bertz CT molecular complexity index is 580. The summed E-state index contributed by atoms with van der Waals surface area (Å²) in [5.74, 6) is 0. The van der Waals surface area contributed by atoms with Gasteiger partial charge in [-0.15, -0.1) is 41.6 Å². The Morgan fingerprint density at radius 3 is 2.72 bits per heavy atom.